The van der Waals surface area contributed by atoms with E-state index in [1.54, 1.807) is 6.07 Å². The van der Waals surface area contributed by atoms with E-state index in [2.05, 4.69) is 0 Å². The van der Waals surface area contributed by atoms with E-state index in [9.17, 15) is 19.3 Å². The van der Waals surface area contributed by atoms with Gasteiger partial charge < -0.3 is 4.57 Å². The molecule has 1 heterocycles. The van der Waals surface area contributed by atoms with Crippen molar-refractivity contribution in [3.05, 3.63) is 72.9 Å². The molecule has 0 spiro atoms. The number of nitro groups is 1. The first kappa shape index (κ1) is 14.7. The van der Waals surface area contributed by atoms with Crippen LogP contribution >= 0.6 is 11.6 Å². The van der Waals surface area contributed by atoms with Crippen molar-refractivity contribution in [1.82, 2.24) is 4.57 Å². The van der Waals surface area contributed by atoms with E-state index in [1.165, 1.54) is 12.1 Å². The molecule has 106 valence electrons. The van der Waals surface area contributed by atoms with Gasteiger partial charge in [-0.25, -0.2) is 4.39 Å². The zero-order valence-electron chi connectivity index (χ0n) is 10.4. The van der Waals surface area contributed by atoms with Crippen molar-refractivity contribution in [2.45, 2.75) is 6.54 Å². The van der Waals surface area contributed by atoms with Gasteiger partial charge in [-0.1, -0.05) is 17.7 Å². The lowest BCUT2D eigenvalue weighted by atomic mass is 10.2. The van der Waals surface area contributed by atoms with Gasteiger partial charge in [0.05, 0.1) is 17.7 Å². The monoisotopic (exact) mass is 307 g/mol. The van der Waals surface area contributed by atoms with E-state index >= 15 is 0 Å². The van der Waals surface area contributed by atoms with Gasteiger partial charge in [-0.2, -0.15) is 5.26 Å². The van der Waals surface area contributed by atoms with E-state index < -0.39 is 27.6 Å². The van der Waals surface area contributed by atoms with E-state index in [4.69, 9.17) is 16.9 Å². The average Bonchev–Trinajstić information content (AvgIpc) is 2.44. The quantitative estimate of drug-likeness (QED) is 0.643. The molecule has 2 aromatic rings. The second-order valence-corrected chi connectivity index (χ2v) is 4.52. The van der Waals surface area contributed by atoms with Crippen molar-refractivity contribution in [3.8, 4) is 6.07 Å². The molecule has 8 heteroatoms. The van der Waals surface area contributed by atoms with E-state index in [1.807, 2.05) is 0 Å². The fourth-order valence-electron chi connectivity index (χ4n) is 1.77. The molecule has 0 aliphatic rings. The molecule has 0 amide bonds. The largest absolute Gasteiger partial charge is 0.303 e. The van der Waals surface area contributed by atoms with Crippen LogP contribution in [0.3, 0.4) is 0 Å². The van der Waals surface area contributed by atoms with E-state index in [-0.39, 0.29) is 17.1 Å². The van der Waals surface area contributed by atoms with Crippen LogP contribution < -0.4 is 5.56 Å². The third-order valence-electron chi connectivity index (χ3n) is 2.79. The van der Waals surface area contributed by atoms with Crippen LogP contribution in [0.5, 0.6) is 0 Å². The molecule has 0 aliphatic carbocycles. The van der Waals surface area contributed by atoms with Gasteiger partial charge >= 0.3 is 0 Å². The first-order chi connectivity index (χ1) is 9.93. The fourth-order valence-corrected chi connectivity index (χ4v) is 1.99. The summed E-state index contributed by atoms with van der Waals surface area (Å²) < 4.78 is 14.6. The van der Waals surface area contributed by atoms with E-state index in [0.29, 0.717) is 0 Å². The average molecular weight is 308 g/mol. The lowest BCUT2D eigenvalue weighted by molar-refractivity contribution is -0.385. The summed E-state index contributed by atoms with van der Waals surface area (Å²) in [4.78, 5) is 22.0. The molecule has 0 unspecified atom stereocenters. The minimum Gasteiger partial charge on any atom is -0.303 e. The normalized spacial score (nSPS) is 10.1. The predicted molar refractivity (Wildman–Crippen MR) is 72.6 cm³/mol. The third kappa shape index (κ3) is 2.90. The Hall–Kier alpha value is -2.72. The van der Waals surface area contributed by atoms with E-state index in [0.717, 1.165) is 22.9 Å². The Morgan fingerprint density at radius 3 is 2.76 bits per heavy atom. The van der Waals surface area contributed by atoms with Gasteiger partial charge in [0.1, 0.15) is 17.4 Å². The van der Waals surface area contributed by atoms with Crippen LogP contribution in [-0.2, 0) is 6.54 Å². The molecule has 0 aliphatic heterocycles. The lowest BCUT2D eigenvalue weighted by Gasteiger charge is -2.09. The third-order valence-corrected chi connectivity index (χ3v) is 3.15. The van der Waals surface area contributed by atoms with Gasteiger partial charge in [0.15, 0.2) is 0 Å². The maximum absolute atomic E-state index is 13.7. The van der Waals surface area contributed by atoms with Crippen LogP contribution in [-0.4, -0.2) is 9.49 Å². The maximum atomic E-state index is 13.7. The number of rotatable bonds is 3. The molecule has 1 aromatic heterocycles. The highest BCUT2D eigenvalue weighted by atomic mass is 35.5. The summed E-state index contributed by atoms with van der Waals surface area (Å²) in [5.41, 5.74) is -1.55. The number of aromatic nitrogens is 1. The molecule has 1 aromatic carbocycles. The highest BCUT2D eigenvalue weighted by Gasteiger charge is 2.16. The minimum absolute atomic E-state index is 0.0191. The Morgan fingerprint density at radius 2 is 2.19 bits per heavy atom. The Bertz CT molecular complexity index is 806. The molecule has 6 nitrogen and oxygen atoms in total. The van der Waals surface area contributed by atoms with Crippen LogP contribution in [0.15, 0.2) is 35.3 Å². The number of hydrogen-bond donors (Lipinski definition) is 0. The summed E-state index contributed by atoms with van der Waals surface area (Å²) in [6, 6.07) is 6.46. The Balaban J connectivity index is 2.59. The molecular weight excluding hydrogens is 301 g/mol. The number of nitriles is 1. The highest BCUT2D eigenvalue weighted by molar-refractivity contribution is 6.31. The van der Waals surface area contributed by atoms with Gasteiger partial charge in [-0.05, 0) is 12.1 Å². The van der Waals surface area contributed by atoms with Crippen LogP contribution in [0.1, 0.15) is 11.1 Å². The molecule has 0 saturated carbocycles. The second kappa shape index (κ2) is 5.73. The molecule has 0 bridgehead atoms. The topological polar surface area (TPSA) is 88.9 Å². The van der Waals surface area contributed by atoms with Crippen LogP contribution in [0, 0.1) is 27.3 Å². The maximum Gasteiger partial charge on any atom is 0.287 e. The smallest absolute Gasteiger partial charge is 0.287 e. The zero-order valence-corrected chi connectivity index (χ0v) is 11.2. The number of pyridine rings is 1. The van der Waals surface area contributed by atoms with Crippen molar-refractivity contribution < 1.29 is 9.31 Å². The summed E-state index contributed by atoms with van der Waals surface area (Å²) in [6.07, 6.45) is 0.950. The van der Waals surface area contributed by atoms with Gasteiger partial charge in [0.2, 0.25) is 0 Å². The van der Waals surface area contributed by atoms with Crippen LogP contribution in [0.4, 0.5) is 10.1 Å². The Morgan fingerprint density at radius 1 is 1.48 bits per heavy atom. The predicted octanol–water partition coefficient (Wildman–Crippen LogP) is 2.47. The molecule has 21 heavy (non-hydrogen) atoms. The van der Waals surface area contributed by atoms with Crippen molar-refractivity contribution in [2.75, 3.05) is 0 Å². The van der Waals surface area contributed by atoms with Crippen molar-refractivity contribution in [3.63, 3.8) is 0 Å². The number of hydrogen-bond acceptors (Lipinski definition) is 4. The Labute approximate surface area is 122 Å². The SMILES string of the molecule is N#Cc1cc([N+](=O)[O-])cn(Cc2c(F)cccc2Cl)c1=O. The summed E-state index contributed by atoms with van der Waals surface area (Å²) in [5.74, 6) is -0.639. The van der Waals surface area contributed by atoms with Crippen molar-refractivity contribution >= 4 is 17.3 Å². The fraction of sp³-hybridized carbons (Fsp3) is 0.0769. The van der Waals surface area contributed by atoms with Crippen molar-refractivity contribution in [1.29, 1.82) is 5.26 Å². The second-order valence-electron chi connectivity index (χ2n) is 4.11. The number of nitrogens with zero attached hydrogens (tertiary/aromatic N) is 3. The standard InChI is InChI=1S/C13H7ClFN3O3/c14-11-2-1-3-12(15)10(11)7-17-6-9(18(20)21)4-8(5-16)13(17)19/h1-4,6H,7H2. The van der Waals surface area contributed by atoms with Gasteiger partial charge in [-0.15, -0.1) is 0 Å². The minimum atomic E-state index is -0.748. The summed E-state index contributed by atoms with van der Waals surface area (Å²) in [6.45, 7) is -0.305. The number of benzene rings is 1. The molecule has 0 N–H and O–H groups in total. The highest BCUT2D eigenvalue weighted by Crippen LogP contribution is 2.20. The molecule has 0 fully saturated rings. The first-order valence-corrected chi connectivity index (χ1v) is 6.03. The van der Waals surface area contributed by atoms with Crippen LogP contribution in [0.2, 0.25) is 5.02 Å². The van der Waals surface area contributed by atoms with Gasteiger partial charge in [0.25, 0.3) is 11.2 Å². The molecule has 0 saturated heterocycles. The summed E-state index contributed by atoms with van der Waals surface area (Å²) in [7, 11) is 0. The number of halogens is 2. The van der Waals surface area contributed by atoms with Crippen LogP contribution in [0.25, 0.3) is 0 Å². The van der Waals surface area contributed by atoms with Gasteiger partial charge in [-0.3, -0.25) is 14.9 Å². The summed E-state index contributed by atoms with van der Waals surface area (Å²) in [5, 5.41) is 19.7. The lowest BCUT2D eigenvalue weighted by Crippen LogP contribution is -2.23. The van der Waals surface area contributed by atoms with Gasteiger partial charge in [0, 0.05) is 16.7 Å². The summed E-state index contributed by atoms with van der Waals surface area (Å²) >= 11 is 5.85. The Kier molecular flexibility index (Phi) is 4.00. The first-order valence-electron chi connectivity index (χ1n) is 5.66. The zero-order chi connectivity index (χ0) is 15.6. The molecule has 2 rings (SSSR count). The van der Waals surface area contributed by atoms with Crippen molar-refractivity contribution in [2.24, 2.45) is 0 Å². The molecule has 0 radical (unpaired) electrons. The molecular formula is C13H7ClFN3O3. The molecule has 0 atom stereocenters.